The molecule has 1 fully saturated rings. The number of hydrogen-bond donors (Lipinski definition) is 1. The molecule has 0 amide bonds. The van der Waals surface area contributed by atoms with Crippen molar-refractivity contribution < 1.29 is 9.47 Å². The van der Waals surface area contributed by atoms with Crippen molar-refractivity contribution in [3.8, 4) is 0 Å². The van der Waals surface area contributed by atoms with Crippen LogP contribution in [0.2, 0.25) is 0 Å². The zero-order valence-corrected chi connectivity index (χ0v) is 9.65. The number of morpholine rings is 1. The van der Waals surface area contributed by atoms with Gasteiger partial charge in [-0.05, 0) is 18.9 Å². The van der Waals surface area contributed by atoms with Crippen molar-refractivity contribution in [2.24, 2.45) is 0 Å². The third-order valence-electron chi connectivity index (χ3n) is 3.05. The molecule has 0 aromatic rings. The third-order valence-corrected chi connectivity index (χ3v) is 3.05. The normalized spacial score (nSPS) is 27.2. The van der Waals surface area contributed by atoms with E-state index in [-0.39, 0.29) is 6.10 Å². The molecule has 0 spiro atoms. The van der Waals surface area contributed by atoms with E-state index in [2.05, 4.69) is 4.90 Å². The predicted molar refractivity (Wildman–Crippen MR) is 63.1 cm³/mol. The number of hydrogen-bond acceptors (Lipinski definition) is 4. The molecule has 1 unspecified atom stereocenters. The topological polar surface area (TPSA) is 45.5 Å². The maximum absolute atomic E-state index is 7.45. The van der Waals surface area contributed by atoms with Crippen LogP contribution in [0.15, 0.2) is 12.2 Å². The van der Waals surface area contributed by atoms with Crippen LogP contribution < -0.4 is 0 Å². The summed E-state index contributed by atoms with van der Waals surface area (Å²) < 4.78 is 11.1. The number of nitrogens with one attached hydrogen (secondary N) is 1. The first kappa shape index (κ1) is 11.8. The van der Waals surface area contributed by atoms with Crippen LogP contribution in [0.3, 0.4) is 0 Å². The molecule has 1 N–H and O–H groups in total. The SMILES string of the molecule is N=C1C=CC(OCCN2CCOCC2)CC1. The molecule has 0 aromatic carbocycles. The zero-order chi connectivity index (χ0) is 11.2. The van der Waals surface area contributed by atoms with E-state index in [4.69, 9.17) is 14.9 Å². The Hall–Kier alpha value is -0.710. The molecule has 1 aliphatic carbocycles. The molecule has 90 valence electrons. The van der Waals surface area contributed by atoms with Crippen LogP contribution in [0.4, 0.5) is 0 Å². The molecule has 2 aliphatic rings. The summed E-state index contributed by atoms with van der Waals surface area (Å²) in [5, 5.41) is 7.45. The highest BCUT2D eigenvalue weighted by molar-refractivity contribution is 5.93. The van der Waals surface area contributed by atoms with Gasteiger partial charge in [0.1, 0.15) is 0 Å². The van der Waals surface area contributed by atoms with Gasteiger partial charge in [0, 0.05) is 25.3 Å². The number of allylic oxidation sites excluding steroid dienone is 1. The van der Waals surface area contributed by atoms with Crippen molar-refractivity contribution in [3.63, 3.8) is 0 Å². The highest BCUT2D eigenvalue weighted by atomic mass is 16.5. The Labute approximate surface area is 96.7 Å². The smallest absolute Gasteiger partial charge is 0.0763 e. The minimum atomic E-state index is 0.218. The van der Waals surface area contributed by atoms with E-state index in [1.54, 1.807) is 0 Å². The monoisotopic (exact) mass is 224 g/mol. The van der Waals surface area contributed by atoms with Gasteiger partial charge >= 0.3 is 0 Å². The van der Waals surface area contributed by atoms with Crippen molar-refractivity contribution in [3.05, 3.63) is 12.2 Å². The van der Waals surface area contributed by atoms with E-state index in [1.807, 2.05) is 12.2 Å². The molecule has 0 aromatic heterocycles. The highest BCUT2D eigenvalue weighted by Gasteiger charge is 2.13. The Bertz CT molecular complexity index is 260. The quantitative estimate of drug-likeness (QED) is 0.777. The molecule has 1 atom stereocenters. The Kier molecular flexibility index (Phi) is 4.51. The van der Waals surface area contributed by atoms with Crippen molar-refractivity contribution in [1.29, 1.82) is 5.41 Å². The minimum Gasteiger partial charge on any atom is -0.379 e. The Morgan fingerprint density at radius 3 is 2.94 bits per heavy atom. The second kappa shape index (κ2) is 6.13. The van der Waals surface area contributed by atoms with Gasteiger partial charge in [0.05, 0.1) is 25.9 Å². The molecule has 0 saturated carbocycles. The Morgan fingerprint density at radius 1 is 1.44 bits per heavy atom. The lowest BCUT2D eigenvalue weighted by molar-refractivity contribution is 0.0101. The summed E-state index contributed by atoms with van der Waals surface area (Å²) in [6.07, 6.45) is 5.89. The van der Waals surface area contributed by atoms with E-state index in [0.29, 0.717) is 5.71 Å². The van der Waals surface area contributed by atoms with Crippen molar-refractivity contribution >= 4 is 5.71 Å². The molecule has 2 rings (SSSR count). The number of nitrogens with zero attached hydrogens (tertiary/aromatic N) is 1. The first-order chi connectivity index (χ1) is 7.84. The Balaban J connectivity index is 1.60. The van der Waals surface area contributed by atoms with E-state index < -0.39 is 0 Å². The predicted octanol–water partition coefficient (Wildman–Crippen LogP) is 1.07. The van der Waals surface area contributed by atoms with Crippen LogP contribution in [0.1, 0.15) is 12.8 Å². The van der Waals surface area contributed by atoms with E-state index in [1.165, 1.54) is 0 Å². The van der Waals surface area contributed by atoms with Crippen molar-refractivity contribution in [2.75, 3.05) is 39.5 Å². The molecule has 0 radical (unpaired) electrons. The van der Waals surface area contributed by atoms with Crippen LogP contribution in [-0.4, -0.2) is 56.2 Å². The summed E-state index contributed by atoms with van der Waals surface area (Å²) in [4.78, 5) is 2.37. The van der Waals surface area contributed by atoms with Gasteiger partial charge in [-0.3, -0.25) is 4.90 Å². The molecular weight excluding hydrogens is 204 g/mol. The zero-order valence-electron chi connectivity index (χ0n) is 9.65. The molecule has 4 heteroatoms. The first-order valence-electron chi connectivity index (χ1n) is 6.02. The lowest BCUT2D eigenvalue weighted by atomic mass is 10.0. The third kappa shape index (κ3) is 3.70. The fourth-order valence-electron chi connectivity index (χ4n) is 2.00. The van der Waals surface area contributed by atoms with Crippen molar-refractivity contribution in [2.45, 2.75) is 18.9 Å². The van der Waals surface area contributed by atoms with E-state index in [9.17, 15) is 0 Å². The van der Waals surface area contributed by atoms with Gasteiger partial charge < -0.3 is 14.9 Å². The average Bonchev–Trinajstić information content (AvgIpc) is 2.33. The maximum atomic E-state index is 7.45. The molecule has 0 bridgehead atoms. The van der Waals surface area contributed by atoms with Gasteiger partial charge in [-0.2, -0.15) is 0 Å². The van der Waals surface area contributed by atoms with Crippen molar-refractivity contribution in [1.82, 2.24) is 4.90 Å². The van der Waals surface area contributed by atoms with Crippen LogP contribution in [-0.2, 0) is 9.47 Å². The molecule has 16 heavy (non-hydrogen) atoms. The van der Waals surface area contributed by atoms with Gasteiger partial charge in [-0.15, -0.1) is 0 Å². The second-order valence-electron chi connectivity index (χ2n) is 4.29. The summed E-state index contributed by atoms with van der Waals surface area (Å²) in [5.74, 6) is 0. The summed E-state index contributed by atoms with van der Waals surface area (Å²) >= 11 is 0. The van der Waals surface area contributed by atoms with Crippen LogP contribution >= 0.6 is 0 Å². The first-order valence-corrected chi connectivity index (χ1v) is 6.02. The van der Waals surface area contributed by atoms with Gasteiger partial charge in [0.15, 0.2) is 0 Å². The molecule has 1 aliphatic heterocycles. The van der Waals surface area contributed by atoms with Crippen LogP contribution in [0, 0.1) is 5.41 Å². The fourth-order valence-corrected chi connectivity index (χ4v) is 2.00. The highest BCUT2D eigenvalue weighted by Crippen LogP contribution is 2.11. The maximum Gasteiger partial charge on any atom is 0.0763 e. The van der Waals surface area contributed by atoms with E-state index in [0.717, 1.165) is 52.3 Å². The fraction of sp³-hybridized carbons (Fsp3) is 0.750. The number of rotatable bonds is 4. The van der Waals surface area contributed by atoms with Gasteiger partial charge in [-0.1, -0.05) is 6.08 Å². The minimum absolute atomic E-state index is 0.218. The second-order valence-corrected chi connectivity index (χ2v) is 4.29. The van der Waals surface area contributed by atoms with Gasteiger partial charge in [-0.25, -0.2) is 0 Å². The van der Waals surface area contributed by atoms with Crippen LogP contribution in [0.25, 0.3) is 0 Å². The standard InChI is InChI=1S/C12H20N2O2/c13-11-1-3-12(4-2-11)16-10-7-14-5-8-15-9-6-14/h1,3,12-13H,2,4-10H2. The lowest BCUT2D eigenvalue weighted by Crippen LogP contribution is -2.38. The summed E-state index contributed by atoms with van der Waals surface area (Å²) in [6, 6.07) is 0. The lowest BCUT2D eigenvalue weighted by Gasteiger charge is -2.27. The molecule has 4 nitrogen and oxygen atoms in total. The molecular formula is C12H20N2O2. The van der Waals surface area contributed by atoms with Gasteiger partial charge in [0.2, 0.25) is 0 Å². The summed E-state index contributed by atoms with van der Waals surface area (Å²) in [7, 11) is 0. The average molecular weight is 224 g/mol. The molecule has 1 saturated heterocycles. The number of ether oxygens (including phenoxy) is 2. The molecule has 1 heterocycles. The summed E-state index contributed by atoms with van der Waals surface area (Å²) in [5.41, 5.74) is 0.716. The van der Waals surface area contributed by atoms with E-state index >= 15 is 0 Å². The van der Waals surface area contributed by atoms with Crippen LogP contribution in [0.5, 0.6) is 0 Å². The summed E-state index contributed by atoms with van der Waals surface area (Å²) in [6.45, 7) is 5.51. The van der Waals surface area contributed by atoms with Gasteiger partial charge in [0.25, 0.3) is 0 Å². The Morgan fingerprint density at radius 2 is 2.25 bits per heavy atom. The largest absolute Gasteiger partial charge is 0.379 e.